The molecule has 0 radical (unpaired) electrons. The van der Waals surface area contributed by atoms with Gasteiger partial charge in [-0.2, -0.15) is 5.26 Å². The zero-order valence-electron chi connectivity index (χ0n) is 10.9. The van der Waals surface area contributed by atoms with Crippen molar-refractivity contribution in [2.45, 2.75) is 13.3 Å². The van der Waals surface area contributed by atoms with Crippen LogP contribution in [0.1, 0.15) is 28.4 Å². The minimum atomic E-state index is -0.707. The Hall–Kier alpha value is -2.67. The molecule has 0 aliphatic heterocycles. The van der Waals surface area contributed by atoms with E-state index >= 15 is 0 Å². The highest BCUT2D eigenvalue weighted by atomic mass is 19.1. The number of hydrogen-bond acceptors (Lipinski definition) is 3. The van der Waals surface area contributed by atoms with Gasteiger partial charge < -0.3 is 4.74 Å². The van der Waals surface area contributed by atoms with Gasteiger partial charge in [0.1, 0.15) is 17.6 Å². The minimum Gasteiger partial charge on any atom is -0.423 e. The molecule has 2 rings (SSSR count). The molecular formula is C16H12FNO2. The summed E-state index contributed by atoms with van der Waals surface area (Å²) in [4.78, 5) is 12.0. The molecular weight excluding hydrogens is 257 g/mol. The summed E-state index contributed by atoms with van der Waals surface area (Å²) in [7, 11) is 0. The Kier molecular flexibility index (Phi) is 4.11. The highest BCUT2D eigenvalue weighted by Gasteiger charge is 2.13. The predicted octanol–water partition coefficient (Wildman–Crippen LogP) is 3.48. The number of esters is 1. The maximum Gasteiger partial charge on any atom is 0.343 e. The van der Waals surface area contributed by atoms with Crippen molar-refractivity contribution in [3.8, 4) is 11.8 Å². The highest BCUT2D eigenvalue weighted by molar-refractivity contribution is 5.92. The molecule has 3 nitrogen and oxygen atoms in total. The Morgan fingerprint density at radius 1 is 1.30 bits per heavy atom. The van der Waals surface area contributed by atoms with Gasteiger partial charge in [0.25, 0.3) is 0 Å². The zero-order chi connectivity index (χ0) is 14.5. The van der Waals surface area contributed by atoms with Gasteiger partial charge in [-0.25, -0.2) is 9.18 Å². The van der Waals surface area contributed by atoms with Crippen molar-refractivity contribution in [3.63, 3.8) is 0 Å². The van der Waals surface area contributed by atoms with Gasteiger partial charge >= 0.3 is 5.97 Å². The first-order valence-corrected chi connectivity index (χ1v) is 6.15. The van der Waals surface area contributed by atoms with Crippen LogP contribution in [0.2, 0.25) is 0 Å². The second-order valence-corrected chi connectivity index (χ2v) is 4.15. The van der Waals surface area contributed by atoms with Crippen molar-refractivity contribution in [1.82, 2.24) is 0 Å². The van der Waals surface area contributed by atoms with Gasteiger partial charge in [0.15, 0.2) is 0 Å². The van der Waals surface area contributed by atoms with Crippen molar-refractivity contribution in [3.05, 3.63) is 65.0 Å². The summed E-state index contributed by atoms with van der Waals surface area (Å²) < 4.78 is 18.6. The molecule has 0 unspecified atom stereocenters. The van der Waals surface area contributed by atoms with E-state index in [9.17, 15) is 9.18 Å². The molecule has 100 valence electrons. The summed E-state index contributed by atoms with van der Waals surface area (Å²) in [5, 5.41) is 8.64. The van der Waals surface area contributed by atoms with Crippen LogP contribution >= 0.6 is 0 Å². The van der Waals surface area contributed by atoms with Crippen LogP contribution in [0.15, 0.2) is 42.5 Å². The molecule has 0 spiro atoms. The summed E-state index contributed by atoms with van der Waals surface area (Å²) in [5.41, 5.74) is 1.24. The van der Waals surface area contributed by atoms with E-state index in [1.165, 1.54) is 12.1 Å². The number of rotatable bonds is 3. The van der Waals surface area contributed by atoms with Crippen molar-refractivity contribution in [2.24, 2.45) is 0 Å². The number of carbonyl (C=O) groups is 1. The predicted molar refractivity (Wildman–Crippen MR) is 71.9 cm³/mol. The summed E-state index contributed by atoms with van der Waals surface area (Å²) in [6.07, 6.45) is 0.701. The van der Waals surface area contributed by atoms with Crippen LogP contribution in [0.5, 0.6) is 5.75 Å². The lowest BCUT2D eigenvalue weighted by Gasteiger charge is -2.08. The van der Waals surface area contributed by atoms with Gasteiger partial charge in [0, 0.05) is 6.07 Å². The first kappa shape index (κ1) is 13.8. The van der Waals surface area contributed by atoms with Gasteiger partial charge in [-0.1, -0.05) is 25.1 Å². The van der Waals surface area contributed by atoms with Gasteiger partial charge in [-0.15, -0.1) is 0 Å². The molecule has 0 aliphatic carbocycles. The van der Waals surface area contributed by atoms with Crippen LogP contribution in [-0.4, -0.2) is 5.97 Å². The SMILES string of the molecule is CCc1ccccc1C(=O)Oc1ccc(C#N)c(F)c1. The maximum atomic E-state index is 13.4. The van der Waals surface area contributed by atoms with Gasteiger partial charge in [-0.05, 0) is 30.2 Å². The smallest absolute Gasteiger partial charge is 0.343 e. The van der Waals surface area contributed by atoms with Crippen LogP contribution in [0.25, 0.3) is 0 Å². The van der Waals surface area contributed by atoms with Crippen molar-refractivity contribution in [2.75, 3.05) is 0 Å². The molecule has 0 heterocycles. The molecule has 0 fully saturated rings. The number of aryl methyl sites for hydroxylation is 1. The Morgan fingerprint density at radius 2 is 2.05 bits per heavy atom. The number of benzene rings is 2. The van der Waals surface area contributed by atoms with Crippen LogP contribution in [0.4, 0.5) is 4.39 Å². The van der Waals surface area contributed by atoms with Gasteiger partial charge in [0.05, 0.1) is 11.1 Å². The number of ether oxygens (including phenoxy) is 1. The molecule has 4 heteroatoms. The van der Waals surface area contributed by atoms with Crippen LogP contribution in [-0.2, 0) is 6.42 Å². The normalized spacial score (nSPS) is 9.85. The third-order valence-electron chi connectivity index (χ3n) is 2.89. The monoisotopic (exact) mass is 269 g/mol. The Morgan fingerprint density at radius 3 is 2.70 bits per heavy atom. The standard InChI is InChI=1S/C16H12FNO2/c1-2-11-5-3-4-6-14(11)16(19)20-13-8-7-12(10-18)15(17)9-13/h3-9H,2H2,1H3. The average Bonchev–Trinajstić information content (AvgIpc) is 2.47. The maximum absolute atomic E-state index is 13.4. The molecule has 0 atom stereocenters. The molecule has 0 aliphatic rings. The van der Waals surface area contributed by atoms with E-state index in [2.05, 4.69) is 0 Å². The summed E-state index contributed by atoms with van der Waals surface area (Å²) >= 11 is 0. The van der Waals surface area contributed by atoms with E-state index in [1.54, 1.807) is 18.2 Å². The summed E-state index contributed by atoms with van der Waals surface area (Å²) in [6, 6.07) is 12.5. The first-order chi connectivity index (χ1) is 9.65. The van der Waals surface area contributed by atoms with Gasteiger partial charge in [0.2, 0.25) is 0 Å². The lowest BCUT2D eigenvalue weighted by molar-refractivity contribution is 0.0733. The zero-order valence-corrected chi connectivity index (χ0v) is 10.9. The van der Waals surface area contributed by atoms with Crippen molar-refractivity contribution >= 4 is 5.97 Å². The molecule has 0 amide bonds. The number of nitriles is 1. The number of halogens is 1. The van der Waals surface area contributed by atoms with Crippen LogP contribution in [0.3, 0.4) is 0 Å². The summed E-state index contributed by atoms with van der Waals surface area (Å²) in [5.74, 6) is -1.16. The van der Waals surface area contributed by atoms with E-state index in [1.807, 2.05) is 19.1 Å². The molecule has 0 saturated carbocycles. The second kappa shape index (κ2) is 5.98. The van der Waals surface area contributed by atoms with E-state index in [0.717, 1.165) is 11.6 Å². The third-order valence-corrected chi connectivity index (χ3v) is 2.89. The fourth-order valence-corrected chi connectivity index (χ4v) is 1.84. The van der Waals surface area contributed by atoms with Gasteiger partial charge in [-0.3, -0.25) is 0 Å². The lowest BCUT2D eigenvalue weighted by atomic mass is 10.1. The van der Waals surface area contributed by atoms with E-state index in [0.29, 0.717) is 12.0 Å². The fourth-order valence-electron chi connectivity index (χ4n) is 1.84. The Bertz CT molecular complexity index is 689. The van der Waals surface area contributed by atoms with E-state index in [-0.39, 0.29) is 11.3 Å². The van der Waals surface area contributed by atoms with E-state index < -0.39 is 11.8 Å². The fraction of sp³-hybridized carbons (Fsp3) is 0.125. The van der Waals surface area contributed by atoms with Crippen LogP contribution < -0.4 is 4.74 Å². The average molecular weight is 269 g/mol. The molecule has 2 aromatic carbocycles. The van der Waals surface area contributed by atoms with Crippen molar-refractivity contribution in [1.29, 1.82) is 5.26 Å². The van der Waals surface area contributed by atoms with E-state index in [4.69, 9.17) is 10.00 Å². The molecule has 0 saturated heterocycles. The number of nitrogens with zero attached hydrogens (tertiary/aromatic N) is 1. The molecule has 2 aromatic rings. The quantitative estimate of drug-likeness (QED) is 0.633. The second-order valence-electron chi connectivity index (χ2n) is 4.15. The lowest BCUT2D eigenvalue weighted by Crippen LogP contribution is -2.11. The Labute approximate surface area is 116 Å². The molecule has 20 heavy (non-hydrogen) atoms. The third kappa shape index (κ3) is 2.83. The van der Waals surface area contributed by atoms with Crippen molar-refractivity contribution < 1.29 is 13.9 Å². The molecule has 0 aromatic heterocycles. The first-order valence-electron chi connectivity index (χ1n) is 6.15. The summed E-state index contributed by atoms with van der Waals surface area (Å²) in [6.45, 7) is 1.94. The molecule has 0 bridgehead atoms. The molecule has 0 N–H and O–H groups in total. The highest BCUT2D eigenvalue weighted by Crippen LogP contribution is 2.18. The number of carbonyl (C=O) groups excluding carboxylic acids is 1. The van der Waals surface area contributed by atoms with Crippen LogP contribution in [0, 0.1) is 17.1 Å². The minimum absolute atomic E-state index is 0.0809. The Balaban J connectivity index is 2.24. The topological polar surface area (TPSA) is 50.1 Å². The largest absolute Gasteiger partial charge is 0.423 e. The number of hydrogen-bond donors (Lipinski definition) is 0.